The van der Waals surface area contributed by atoms with Gasteiger partial charge in [0.25, 0.3) is 0 Å². The van der Waals surface area contributed by atoms with E-state index in [1.54, 1.807) is 6.08 Å². The first-order valence-corrected chi connectivity index (χ1v) is 6.42. The summed E-state index contributed by atoms with van der Waals surface area (Å²) < 4.78 is 5.55. The van der Waals surface area contributed by atoms with Crippen LogP contribution in [0.15, 0.2) is 30.3 Å². The Balaban J connectivity index is 2.52. The Hall–Kier alpha value is -2.30. The molecule has 1 amide bonds. The summed E-state index contributed by atoms with van der Waals surface area (Å²) in [4.78, 5) is 21.7. The minimum absolute atomic E-state index is 0.0860. The predicted molar refractivity (Wildman–Crippen MR) is 76.5 cm³/mol. The van der Waals surface area contributed by atoms with Gasteiger partial charge in [-0.05, 0) is 37.6 Å². The van der Waals surface area contributed by atoms with E-state index in [0.717, 1.165) is 11.3 Å². The van der Waals surface area contributed by atoms with E-state index in [9.17, 15) is 9.59 Å². The second kappa shape index (κ2) is 7.99. The summed E-state index contributed by atoms with van der Waals surface area (Å²) in [7, 11) is 0. The van der Waals surface area contributed by atoms with Crippen LogP contribution in [0.3, 0.4) is 0 Å². The van der Waals surface area contributed by atoms with Gasteiger partial charge in [0, 0.05) is 12.6 Å². The second-order valence-electron chi connectivity index (χ2n) is 4.51. The normalized spacial score (nSPS) is 10.8. The fourth-order valence-electron chi connectivity index (χ4n) is 1.49. The average Bonchev–Trinajstić information content (AvgIpc) is 2.35. The molecule has 0 aliphatic carbocycles. The Labute approximate surface area is 118 Å². The summed E-state index contributed by atoms with van der Waals surface area (Å²) >= 11 is 0. The van der Waals surface area contributed by atoms with E-state index < -0.39 is 5.97 Å². The molecule has 0 aliphatic rings. The van der Waals surface area contributed by atoms with Gasteiger partial charge in [-0.3, -0.25) is 9.59 Å². The molecule has 1 rings (SSSR count). The largest absolute Gasteiger partial charge is 0.491 e. The third kappa shape index (κ3) is 6.58. The van der Waals surface area contributed by atoms with Gasteiger partial charge >= 0.3 is 5.97 Å². The fourth-order valence-corrected chi connectivity index (χ4v) is 1.49. The first-order chi connectivity index (χ1) is 9.47. The standard InChI is InChI=1S/C15H19NO4/c1-11(2)20-13-5-3-4-12(10-13)6-7-14(17)16-9-8-15(18)19/h3-7,10-11H,8-9H2,1-2H3,(H,16,17)(H,18,19)/b7-6+. The number of carboxylic acids is 1. The quantitative estimate of drug-likeness (QED) is 0.748. The Bertz CT molecular complexity index is 494. The van der Waals surface area contributed by atoms with Crippen molar-refractivity contribution in [2.75, 3.05) is 6.54 Å². The zero-order valence-corrected chi connectivity index (χ0v) is 11.6. The number of ether oxygens (including phenoxy) is 1. The van der Waals surface area contributed by atoms with Gasteiger partial charge in [-0.2, -0.15) is 0 Å². The molecule has 20 heavy (non-hydrogen) atoms. The monoisotopic (exact) mass is 277 g/mol. The van der Waals surface area contributed by atoms with Crippen LogP contribution >= 0.6 is 0 Å². The molecule has 1 aromatic carbocycles. The molecule has 0 aromatic heterocycles. The van der Waals surface area contributed by atoms with E-state index in [0.29, 0.717) is 0 Å². The number of hydrogen-bond acceptors (Lipinski definition) is 3. The number of aliphatic carboxylic acids is 1. The molecule has 0 atom stereocenters. The maximum Gasteiger partial charge on any atom is 0.305 e. The zero-order valence-electron chi connectivity index (χ0n) is 11.6. The molecular weight excluding hydrogens is 258 g/mol. The third-order valence-electron chi connectivity index (χ3n) is 2.30. The Morgan fingerprint density at radius 1 is 1.40 bits per heavy atom. The number of nitrogens with one attached hydrogen (secondary N) is 1. The molecule has 0 heterocycles. The van der Waals surface area contributed by atoms with Crippen molar-refractivity contribution in [2.45, 2.75) is 26.4 Å². The molecule has 0 bridgehead atoms. The van der Waals surface area contributed by atoms with Crippen molar-refractivity contribution in [1.82, 2.24) is 5.32 Å². The summed E-state index contributed by atoms with van der Waals surface area (Å²) in [5, 5.41) is 10.9. The Morgan fingerprint density at radius 2 is 2.15 bits per heavy atom. The maximum absolute atomic E-state index is 11.4. The number of carbonyl (C=O) groups excluding carboxylic acids is 1. The van der Waals surface area contributed by atoms with E-state index in [1.807, 2.05) is 38.1 Å². The van der Waals surface area contributed by atoms with Crippen molar-refractivity contribution in [2.24, 2.45) is 0 Å². The van der Waals surface area contributed by atoms with Crippen molar-refractivity contribution in [3.63, 3.8) is 0 Å². The number of carbonyl (C=O) groups is 2. The molecule has 5 heteroatoms. The number of carboxylic acid groups (broad SMARTS) is 1. The van der Waals surface area contributed by atoms with E-state index >= 15 is 0 Å². The van der Waals surface area contributed by atoms with Crippen LogP contribution in [0.4, 0.5) is 0 Å². The molecule has 108 valence electrons. The van der Waals surface area contributed by atoms with Gasteiger partial charge in [-0.25, -0.2) is 0 Å². The summed E-state index contributed by atoms with van der Waals surface area (Å²) in [6, 6.07) is 7.39. The Morgan fingerprint density at radius 3 is 2.80 bits per heavy atom. The summed E-state index contributed by atoms with van der Waals surface area (Å²) in [5.41, 5.74) is 0.844. The lowest BCUT2D eigenvalue weighted by molar-refractivity contribution is -0.136. The minimum Gasteiger partial charge on any atom is -0.491 e. The van der Waals surface area contributed by atoms with Crippen LogP contribution in [0, 0.1) is 0 Å². The molecule has 0 saturated heterocycles. The highest BCUT2D eigenvalue weighted by Gasteiger charge is 2.00. The molecule has 0 spiro atoms. The van der Waals surface area contributed by atoms with Crippen molar-refractivity contribution in [3.8, 4) is 5.75 Å². The molecular formula is C15H19NO4. The van der Waals surface area contributed by atoms with Gasteiger partial charge in [-0.1, -0.05) is 12.1 Å². The minimum atomic E-state index is -0.937. The van der Waals surface area contributed by atoms with E-state index in [-0.39, 0.29) is 25.0 Å². The molecule has 0 unspecified atom stereocenters. The number of benzene rings is 1. The van der Waals surface area contributed by atoms with Gasteiger partial charge in [0.15, 0.2) is 0 Å². The Kier molecular flexibility index (Phi) is 6.29. The second-order valence-corrected chi connectivity index (χ2v) is 4.51. The number of hydrogen-bond donors (Lipinski definition) is 2. The van der Waals surface area contributed by atoms with Crippen LogP contribution in [0.25, 0.3) is 6.08 Å². The molecule has 1 aromatic rings. The molecule has 0 radical (unpaired) electrons. The highest BCUT2D eigenvalue weighted by Crippen LogP contribution is 2.15. The summed E-state index contributed by atoms with van der Waals surface area (Å²) in [6.45, 7) is 4.01. The van der Waals surface area contributed by atoms with Gasteiger partial charge in [-0.15, -0.1) is 0 Å². The van der Waals surface area contributed by atoms with Crippen LogP contribution in [-0.4, -0.2) is 29.6 Å². The summed E-state index contributed by atoms with van der Waals surface area (Å²) in [6.07, 6.45) is 3.03. The van der Waals surface area contributed by atoms with Crippen LogP contribution in [0.5, 0.6) is 5.75 Å². The van der Waals surface area contributed by atoms with Crippen LogP contribution in [0.1, 0.15) is 25.8 Å². The summed E-state index contributed by atoms with van der Waals surface area (Å²) in [5.74, 6) is -0.511. The SMILES string of the molecule is CC(C)Oc1cccc(/C=C/C(=O)NCCC(=O)O)c1. The number of amides is 1. The molecule has 0 fully saturated rings. The fraction of sp³-hybridized carbons (Fsp3) is 0.333. The van der Waals surface area contributed by atoms with E-state index in [2.05, 4.69) is 5.32 Å². The molecule has 5 nitrogen and oxygen atoms in total. The first-order valence-electron chi connectivity index (χ1n) is 6.42. The van der Waals surface area contributed by atoms with Gasteiger partial charge in [0.2, 0.25) is 5.91 Å². The van der Waals surface area contributed by atoms with Crippen molar-refractivity contribution < 1.29 is 19.4 Å². The van der Waals surface area contributed by atoms with E-state index in [4.69, 9.17) is 9.84 Å². The smallest absolute Gasteiger partial charge is 0.305 e. The van der Waals surface area contributed by atoms with Gasteiger partial charge in [0.05, 0.1) is 12.5 Å². The van der Waals surface area contributed by atoms with Crippen molar-refractivity contribution in [1.29, 1.82) is 0 Å². The van der Waals surface area contributed by atoms with Crippen LogP contribution in [0.2, 0.25) is 0 Å². The lowest BCUT2D eigenvalue weighted by atomic mass is 10.2. The lowest BCUT2D eigenvalue weighted by Gasteiger charge is -2.09. The zero-order chi connectivity index (χ0) is 15.0. The molecule has 2 N–H and O–H groups in total. The highest BCUT2D eigenvalue weighted by atomic mass is 16.5. The van der Waals surface area contributed by atoms with Crippen molar-refractivity contribution in [3.05, 3.63) is 35.9 Å². The predicted octanol–water partition coefficient (Wildman–Crippen LogP) is 2.08. The molecule has 0 aliphatic heterocycles. The first kappa shape index (κ1) is 15.8. The lowest BCUT2D eigenvalue weighted by Crippen LogP contribution is -2.23. The highest BCUT2D eigenvalue weighted by molar-refractivity contribution is 5.91. The average molecular weight is 277 g/mol. The van der Waals surface area contributed by atoms with Gasteiger partial charge < -0.3 is 15.2 Å². The van der Waals surface area contributed by atoms with Crippen molar-refractivity contribution >= 4 is 18.0 Å². The van der Waals surface area contributed by atoms with Gasteiger partial charge in [0.1, 0.15) is 5.75 Å². The third-order valence-corrected chi connectivity index (χ3v) is 2.30. The molecule has 0 saturated carbocycles. The van der Waals surface area contributed by atoms with E-state index in [1.165, 1.54) is 6.08 Å². The number of rotatable bonds is 7. The topological polar surface area (TPSA) is 75.6 Å². The maximum atomic E-state index is 11.4. The van der Waals surface area contributed by atoms with Crippen LogP contribution < -0.4 is 10.1 Å². The van der Waals surface area contributed by atoms with Crippen LogP contribution in [-0.2, 0) is 9.59 Å².